The minimum Gasteiger partial charge on any atom is -0.731 e. The third-order valence-electron chi connectivity index (χ3n) is 0.960. The van der Waals surface area contributed by atoms with Crippen molar-refractivity contribution in [1.82, 2.24) is 4.72 Å². The first-order valence-electron chi connectivity index (χ1n) is 3.57. The van der Waals surface area contributed by atoms with Gasteiger partial charge in [0.1, 0.15) is 0 Å². The van der Waals surface area contributed by atoms with Gasteiger partial charge in [-0.1, -0.05) is 26.8 Å². The van der Waals surface area contributed by atoms with Crippen molar-refractivity contribution < 1.29 is 69.1 Å². The van der Waals surface area contributed by atoms with Crippen molar-refractivity contribution in [3.8, 4) is 0 Å². The summed E-state index contributed by atoms with van der Waals surface area (Å²) in [6.07, 6.45) is 2.53. The Morgan fingerprint density at radius 1 is 1.36 bits per heavy atom. The monoisotopic (exact) mass is 245 g/mol. The van der Waals surface area contributed by atoms with Gasteiger partial charge in [-0.2, -0.15) is 0 Å². The Kier molecular flexibility index (Phi) is 7.80. The molecule has 0 aromatic heterocycles. The maximum Gasteiger partial charge on any atom is 1.00 e. The Bertz CT molecular complexity index is 315. The van der Waals surface area contributed by atoms with Crippen LogP contribution in [0.5, 0.6) is 0 Å². The van der Waals surface area contributed by atoms with Crippen molar-refractivity contribution in [2.24, 2.45) is 5.41 Å². The number of hydrogen-bond donors (Lipinski definition) is 1. The van der Waals surface area contributed by atoms with E-state index in [9.17, 15) is 17.8 Å². The summed E-state index contributed by atoms with van der Waals surface area (Å²) < 4.78 is 31.4. The zero-order valence-electron chi connectivity index (χ0n) is 8.70. The summed E-state index contributed by atoms with van der Waals surface area (Å²) in [6.45, 7) is 5.51. The number of hydrogen-bond acceptors (Lipinski definition) is 4. The van der Waals surface area contributed by atoms with Crippen LogP contribution < -0.4 is 56.1 Å². The van der Waals surface area contributed by atoms with Crippen molar-refractivity contribution >= 4 is 16.2 Å². The van der Waals surface area contributed by atoms with E-state index < -0.39 is 16.2 Å². The predicted octanol–water partition coefficient (Wildman–Crippen LogP) is -2.83. The topological polar surface area (TPSA) is 86.3 Å². The summed E-state index contributed by atoms with van der Waals surface area (Å²) in [5.41, 5.74) is -0.232. The van der Waals surface area contributed by atoms with Gasteiger partial charge in [-0.25, -0.2) is 8.42 Å². The van der Waals surface area contributed by atoms with Gasteiger partial charge in [0.15, 0.2) is 10.3 Å². The van der Waals surface area contributed by atoms with E-state index in [4.69, 9.17) is 0 Å². The smallest absolute Gasteiger partial charge is 0.731 e. The predicted molar refractivity (Wildman–Crippen MR) is 46.4 cm³/mol. The van der Waals surface area contributed by atoms with Gasteiger partial charge in [0.05, 0.1) is 0 Å². The van der Waals surface area contributed by atoms with Crippen LogP contribution in [0.15, 0.2) is 12.2 Å². The first-order chi connectivity index (χ1) is 5.60. The molecule has 0 saturated heterocycles. The van der Waals surface area contributed by atoms with E-state index in [-0.39, 0.29) is 56.8 Å². The molecule has 1 amide bonds. The van der Waals surface area contributed by atoms with Crippen LogP contribution in [0, 0.1) is 5.41 Å². The van der Waals surface area contributed by atoms with E-state index in [1.165, 1.54) is 10.8 Å². The van der Waals surface area contributed by atoms with Gasteiger partial charge < -0.3 is 4.55 Å². The van der Waals surface area contributed by atoms with E-state index in [1.807, 2.05) is 20.8 Å². The van der Waals surface area contributed by atoms with Gasteiger partial charge >= 0.3 is 51.4 Å². The third kappa shape index (κ3) is 12.8. The summed E-state index contributed by atoms with van der Waals surface area (Å²) >= 11 is 0. The second-order valence-electron chi connectivity index (χ2n) is 3.62. The van der Waals surface area contributed by atoms with Crippen LogP contribution in [0.3, 0.4) is 0 Å². The van der Waals surface area contributed by atoms with Crippen LogP contribution >= 0.6 is 0 Å². The Hall–Kier alpha value is 0.756. The molecule has 0 fully saturated rings. The van der Waals surface area contributed by atoms with Gasteiger partial charge in [-0.05, 0) is 5.41 Å². The molecule has 0 aromatic rings. The fourth-order valence-electron chi connectivity index (χ4n) is 0.483. The Morgan fingerprint density at radius 3 is 2.07 bits per heavy atom. The fourth-order valence-corrected chi connectivity index (χ4v) is 0.797. The van der Waals surface area contributed by atoms with Gasteiger partial charge in [-0.15, -0.1) is 0 Å². The Morgan fingerprint density at radius 2 is 1.79 bits per heavy atom. The second kappa shape index (κ2) is 6.36. The Balaban J connectivity index is 0. The largest absolute Gasteiger partial charge is 1.00 e. The van der Waals surface area contributed by atoms with E-state index in [0.29, 0.717) is 0 Å². The number of allylic oxidation sites excluding steroid dienone is 1. The molecule has 0 aliphatic heterocycles. The molecule has 76 valence electrons. The van der Waals surface area contributed by atoms with Gasteiger partial charge in [0.25, 0.3) is 5.91 Å². The van der Waals surface area contributed by atoms with Crippen molar-refractivity contribution in [2.45, 2.75) is 20.8 Å². The van der Waals surface area contributed by atoms with E-state index in [1.54, 1.807) is 0 Å². The molecule has 0 aliphatic carbocycles. The van der Waals surface area contributed by atoms with E-state index in [0.717, 1.165) is 6.08 Å². The van der Waals surface area contributed by atoms with Crippen LogP contribution in [-0.2, 0) is 15.1 Å². The summed E-state index contributed by atoms with van der Waals surface area (Å²) in [5, 5.41) is 0. The summed E-state index contributed by atoms with van der Waals surface area (Å²) in [4.78, 5) is 10.7. The molecular weight excluding hydrogens is 233 g/mol. The number of carbonyl (C=O) groups is 1. The van der Waals surface area contributed by atoms with Crippen molar-refractivity contribution in [3.63, 3.8) is 0 Å². The molecule has 7 heteroatoms. The van der Waals surface area contributed by atoms with Gasteiger partial charge in [0.2, 0.25) is 0 Å². The normalized spacial score (nSPS) is 12.3. The standard InChI is InChI=1S/C7H13NO4S.K/c1-7(2,3)5-4-6(9)8-13(10,11)12;/h4-5H,1-3H3,(H,8,9)(H,10,11,12);/q;+1/p-1. The minimum absolute atomic E-state index is 0. The molecule has 0 bridgehead atoms. The second-order valence-corrected chi connectivity index (χ2v) is 4.73. The van der Waals surface area contributed by atoms with Gasteiger partial charge in [-0.3, -0.25) is 9.52 Å². The first-order valence-corrected chi connectivity index (χ1v) is 4.98. The summed E-state index contributed by atoms with van der Waals surface area (Å²) in [6, 6.07) is 0. The summed E-state index contributed by atoms with van der Waals surface area (Å²) in [5.74, 6) is -0.926. The third-order valence-corrected chi connectivity index (χ3v) is 1.41. The van der Waals surface area contributed by atoms with Crippen molar-refractivity contribution in [2.75, 3.05) is 0 Å². The van der Waals surface area contributed by atoms with Crippen molar-refractivity contribution in [3.05, 3.63) is 12.2 Å². The van der Waals surface area contributed by atoms with Crippen LogP contribution in [-0.4, -0.2) is 18.9 Å². The van der Waals surface area contributed by atoms with Crippen molar-refractivity contribution in [1.29, 1.82) is 0 Å². The molecule has 0 saturated carbocycles. The van der Waals surface area contributed by atoms with E-state index in [2.05, 4.69) is 0 Å². The first kappa shape index (κ1) is 17.2. The fraction of sp³-hybridized carbons (Fsp3) is 0.571. The molecule has 0 rings (SSSR count). The maximum absolute atomic E-state index is 10.7. The van der Waals surface area contributed by atoms with Crippen LogP contribution in [0.1, 0.15) is 20.8 Å². The molecule has 0 heterocycles. The number of nitrogens with one attached hydrogen (secondary N) is 1. The average Bonchev–Trinajstić information content (AvgIpc) is 1.78. The molecule has 0 aromatic carbocycles. The molecule has 0 atom stereocenters. The molecule has 0 radical (unpaired) electrons. The van der Waals surface area contributed by atoms with Crippen LogP contribution in [0.2, 0.25) is 0 Å². The Labute approximate surface area is 127 Å². The van der Waals surface area contributed by atoms with E-state index >= 15 is 0 Å². The van der Waals surface area contributed by atoms with Crippen LogP contribution in [0.4, 0.5) is 0 Å². The average molecular weight is 245 g/mol. The zero-order chi connectivity index (χ0) is 10.7. The summed E-state index contributed by atoms with van der Waals surface area (Å²) in [7, 11) is -4.69. The number of rotatable bonds is 2. The van der Waals surface area contributed by atoms with Crippen LogP contribution in [0.25, 0.3) is 0 Å². The maximum atomic E-state index is 10.7. The number of amides is 1. The molecule has 5 nitrogen and oxygen atoms in total. The zero-order valence-corrected chi connectivity index (χ0v) is 12.6. The molecule has 1 N–H and O–H groups in total. The molecule has 0 unspecified atom stereocenters. The molecular formula is C7H12KNO4S. The SMILES string of the molecule is CC(C)(C)C=CC(=O)NS(=O)(=O)[O-].[K+]. The number of carbonyl (C=O) groups excluding carboxylic acids is 1. The van der Waals surface area contributed by atoms with Gasteiger partial charge in [0, 0.05) is 6.08 Å². The quantitative estimate of drug-likeness (QED) is 0.323. The molecule has 0 aliphatic rings. The molecule has 0 spiro atoms. The minimum atomic E-state index is -4.69. The molecule has 14 heavy (non-hydrogen) atoms.